The van der Waals surface area contributed by atoms with Crippen LogP contribution in [-0.2, 0) is 14.6 Å². The molecule has 2 aromatic carbocycles. The van der Waals surface area contributed by atoms with Gasteiger partial charge in [-0.15, -0.1) is 0 Å². The standard InChI is InChI=1S/C18H18ClNO4S/c19-14-6-8-15(9-7-14)24-13-18(21)20-11-10-17(12-20)25(22,23)16-4-2-1-3-5-16/h1-9,17H,10-13H2. The minimum atomic E-state index is -3.43. The van der Waals surface area contributed by atoms with E-state index in [0.29, 0.717) is 28.6 Å². The first-order valence-electron chi connectivity index (χ1n) is 7.92. The molecule has 0 spiro atoms. The van der Waals surface area contributed by atoms with Gasteiger partial charge in [-0.2, -0.15) is 0 Å². The molecule has 1 heterocycles. The summed E-state index contributed by atoms with van der Waals surface area (Å²) < 4.78 is 30.7. The first-order chi connectivity index (χ1) is 12.0. The van der Waals surface area contributed by atoms with E-state index in [1.165, 1.54) is 0 Å². The molecule has 0 aromatic heterocycles. The second-order valence-electron chi connectivity index (χ2n) is 5.85. The predicted molar refractivity (Wildman–Crippen MR) is 95.6 cm³/mol. The van der Waals surface area contributed by atoms with Gasteiger partial charge >= 0.3 is 0 Å². The number of amides is 1. The van der Waals surface area contributed by atoms with E-state index in [-0.39, 0.29) is 19.1 Å². The molecule has 7 heteroatoms. The van der Waals surface area contributed by atoms with Crippen molar-refractivity contribution in [3.63, 3.8) is 0 Å². The molecular weight excluding hydrogens is 362 g/mol. The summed E-state index contributed by atoms with van der Waals surface area (Å²) in [6, 6.07) is 15.1. The monoisotopic (exact) mass is 379 g/mol. The number of likely N-dealkylation sites (tertiary alicyclic amines) is 1. The maximum atomic E-state index is 12.6. The van der Waals surface area contributed by atoms with E-state index in [0.717, 1.165) is 0 Å². The molecule has 2 aromatic rings. The minimum absolute atomic E-state index is 0.125. The average molecular weight is 380 g/mol. The van der Waals surface area contributed by atoms with Crippen molar-refractivity contribution in [2.45, 2.75) is 16.6 Å². The quantitative estimate of drug-likeness (QED) is 0.801. The van der Waals surface area contributed by atoms with E-state index < -0.39 is 15.1 Å². The highest BCUT2D eigenvalue weighted by Gasteiger charge is 2.36. The largest absolute Gasteiger partial charge is 0.484 e. The van der Waals surface area contributed by atoms with Gasteiger partial charge in [-0.3, -0.25) is 4.79 Å². The van der Waals surface area contributed by atoms with E-state index in [9.17, 15) is 13.2 Å². The van der Waals surface area contributed by atoms with Gasteiger partial charge in [0.2, 0.25) is 0 Å². The van der Waals surface area contributed by atoms with E-state index in [1.807, 2.05) is 0 Å². The van der Waals surface area contributed by atoms with Crippen LogP contribution in [0.15, 0.2) is 59.5 Å². The fourth-order valence-corrected chi connectivity index (χ4v) is 4.62. The van der Waals surface area contributed by atoms with E-state index in [4.69, 9.17) is 16.3 Å². The highest BCUT2D eigenvalue weighted by molar-refractivity contribution is 7.92. The summed E-state index contributed by atoms with van der Waals surface area (Å²) in [5.74, 6) is 0.325. The molecule has 0 N–H and O–H groups in total. The van der Waals surface area contributed by atoms with Crippen molar-refractivity contribution in [2.75, 3.05) is 19.7 Å². The molecule has 1 atom stereocenters. The molecule has 0 saturated carbocycles. The molecule has 25 heavy (non-hydrogen) atoms. The Balaban J connectivity index is 1.58. The second-order valence-corrected chi connectivity index (χ2v) is 8.52. The Morgan fingerprint density at radius 1 is 1.12 bits per heavy atom. The zero-order valence-electron chi connectivity index (χ0n) is 13.5. The highest BCUT2D eigenvalue weighted by Crippen LogP contribution is 2.24. The van der Waals surface area contributed by atoms with Crippen LogP contribution < -0.4 is 4.74 Å². The van der Waals surface area contributed by atoms with Gasteiger partial charge in [-0.05, 0) is 42.8 Å². The van der Waals surface area contributed by atoms with Gasteiger partial charge in [0.15, 0.2) is 16.4 Å². The average Bonchev–Trinajstić information content (AvgIpc) is 3.13. The lowest BCUT2D eigenvalue weighted by Crippen LogP contribution is -2.35. The van der Waals surface area contributed by atoms with Crippen LogP contribution in [0.2, 0.25) is 5.02 Å². The first kappa shape index (κ1) is 17.8. The summed E-state index contributed by atoms with van der Waals surface area (Å²) in [7, 11) is -3.43. The Morgan fingerprint density at radius 2 is 1.80 bits per heavy atom. The van der Waals surface area contributed by atoms with Crippen LogP contribution >= 0.6 is 11.6 Å². The maximum Gasteiger partial charge on any atom is 0.260 e. The van der Waals surface area contributed by atoms with E-state index in [2.05, 4.69) is 0 Å². The van der Waals surface area contributed by atoms with Crippen molar-refractivity contribution in [2.24, 2.45) is 0 Å². The van der Waals surface area contributed by atoms with Crippen LogP contribution in [0.3, 0.4) is 0 Å². The summed E-state index contributed by atoms with van der Waals surface area (Å²) in [6.07, 6.45) is 0.434. The molecule has 5 nitrogen and oxygen atoms in total. The Bertz CT molecular complexity index is 837. The highest BCUT2D eigenvalue weighted by atomic mass is 35.5. The Hall–Kier alpha value is -2.05. The first-order valence-corrected chi connectivity index (χ1v) is 9.84. The number of benzene rings is 2. The lowest BCUT2D eigenvalue weighted by atomic mass is 10.3. The minimum Gasteiger partial charge on any atom is -0.484 e. The summed E-state index contributed by atoms with van der Waals surface area (Å²) in [6.45, 7) is 0.485. The van der Waals surface area contributed by atoms with Crippen molar-refractivity contribution < 1.29 is 17.9 Å². The van der Waals surface area contributed by atoms with Gasteiger partial charge in [0, 0.05) is 18.1 Å². The smallest absolute Gasteiger partial charge is 0.260 e. The Morgan fingerprint density at radius 3 is 2.48 bits per heavy atom. The summed E-state index contributed by atoms with van der Waals surface area (Å²) in [4.78, 5) is 14.1. The molecule has 1 saturated heterocycles. The van der Waals surface area contributed by atoms with Gasteiger partial charge in [-0.25, -0.2) is 8.42 Å². The molecule has 0 aliphatic carbocycles. The maximum absolute atomic E-state index is 12.6. The number of halogens is 1. The molecule has 1 unspecified atom stereocenters. The molecule has 1 amide bonds. The number of carbonyl (C=O) groups excluding carboxylic acids is 1. The lowest BCUT2D eigenvalue weighted by Gasteiger charge is -2.17. The Labute approximate surface area is 152 Å². The Kier molecular flexibility index (Phi) is 5.30. The third kappa shape index (κ3) is 4.14. The molecule has 0 bridgehead atoms. The van der Waals surface area contributed by atoms with Crippen molar-refractivity contribution in [3.05, 3.63) is 59.6 Å². The number of hydrogen-bond acceptors (Lipinski definition) is 4. The summed E-state index contributed by atoms with van der Waals surface area (Å²) >= 11 is 5.80. The van der Waals surface area contributed by atoms with Crippen molar-refractivity contribution in [1.29, 1.82) is 0 Å². The molecule has 1 fully saturated rings. The van der Waals surface area contributed by atoms with Gasteiger partial charge in [-0.1, -0.05) is 29.8 Å². The van der Waals surface area contributed by atoms with Crippen LogP contribution in [0.25, 0.3) is 0 Å². The molecule has 3 rings (SSSR count). The molecule has 1 aliphatic heterocycles. The number of nitrogens with zero attached hydrogens (tertiary/aromatic N) is 1. The zero-order valence-corrected chi connectivity index (χ0v) is 15.0. The van der Waals surface area contributed by atoms with Crippen LogP contribution in [0, 0.1) is 0 Å². The summed E-state index contributed by atoms with van der Waals surface area (Å²) in [5.41, 5.74) is 0. The SMILES string of the molecule is O=C(COc1ccc(Cl)cc1)N1CCC(S(=O)(=O)c2ccccc2)C1. The topological polar surface area (TPSA) is 63.7 Å². The van der Waals surface area contributed by atoms with Crippen LogP contribution in [0.1, 0.15) is 6.42 Å². The molecule has 0 radical (unpaired) electrons. The van der Waals surface area contributed by atoms with Crippen LogP contribution in [-0.4, -0.2) is 44.2 Å². The lowest BCUT2D eigenvalue weighted by molar-refractivity contribution is -0.132. The van der Waals surface area contributed by atoms with Gasteiger partial charge < -0.3 is 9.64 Å². The number of ether oxygens (including phenoxy) is 1. The number of carbonyl (C=O) groups is 1. The van der Waals surface area contributed by atoms with E-state index >= 15 is 0 Å². The van der Waals surface area contributed by atoms with Crippen LogP contribution in [0.5, 0.6) is 5.75 Å². The third-order valence-corrected chi connectivity index (χ3v) is 6.63. The fourth-order valence-electron chi connectivity index (χ4n) is 2.78. The predicted octanol–water partition coefficient (Wildman–Crippen LogP) is 2.79. The number of rotatable bonds is 5. The van der Waals surface area contributed by atoms with Crippen molar-refractivity contribution in [3.8, 4) is 5.75 Å². The number of sulfone groups is 1. The normalized spacial score (nSPS) is 17.5. The van der Waals surface area contributed by atoms with Crippen molar-refractivity contribution in [1.82, 2.24) is 4.90 Å². The van der Waals surface area contributed by atoms with E-state index in [1.54, 1.807) is 59.5 Å². The molecular formula is C18H18ClNO4S. The van der Waals surface area contributed by atoms with Gasteiger partial charge in [0.25, 0.3) is 5.91 Å². The van der Waals surface area contributed by atoms with Gasteiger partial charge in [0.1, 0.15) is 5.75 Å². The number of hydrogen-bond donors (Lipinski definition) is 0. The zero-order chi connectivity index (χ0) is 17.9. The van der Waals surface area contributed by atoms with Gasteiger partial charge in [0.05, 0.1) is 10.1 Å². The fraction of sp³-hybridized carbons (Fsp3) is 0.278. The molecule has 1 aliphatic rings. The second kappa shape index (κ2) is 7.45. The third-order valence-electron chi connectivity index (χ3n) is 4.18. The summed E-state index contributed by atoms with van der Waals surface area (Å²) in [5, 5.41) is 0.0153. The molecule has 132 valence electrons. The van der Waals surface area contributed by atoms with Crippen LogP contribution in [0.4, 0.5) is 0 Å². The van der Waals surface area contributed by atoms with Crippen molar-refractivity contribution >= 4 is 27.3 Å².